The number of amides is 1. The molecule has 0 aliphatic carbocycles. The SMILES string of the molecule is COC(=O)[C@H](CNC(=O)c1ccco1)c1ccc(F)cc1. The summed E-state index contributed by atoms with van der Waals surface area (Å²) in [6, 6.07) is 8.57. The molecule has 0 bridgehead atoms. The first kappa shape index (κ1) is 14.8. The van der Waals surface area contributed by atoms with E-state index in [0.717, 1.165) is 0 Å². The van der Waals surface area contributed by atoms with Crippen LogP contribution in [0.25, 0.3) is 0 Å². The second-order valence-electron chi connectivity index (χ2n) is 4.31. The minimum Gasteiger partial charge on any atom is -0.468 e. The van der Waals surface area contributed by atoms with E-state index in [1.165, 1.54) is 43.7 Å². The summed E-state index contributed by atoms with van der Waals surface area (Å²) in [5, 5.41) is 2.59. The Hall–Kier alpha value is -2.63. The first-order valence-electron chi connectivity index (χ1n) is 6.27. The predicted octanol–water partition coefficient (Wildman–Crippen LogP) is 2.11. The van der Waals surface area contributed by atoms with Crippen LogP contribution in [-0.2, 0) is 9.53 Å². The molecule has 0 spiro atoms. The maximum absolute atomic E-state index is 12.9. The second kappa shape index (κ2) is 6.69. The molecule has 0 fully saturated rings. The molecule has 2 aromatic rings. The zero-order valence-corrected chi connectivity index (χ0v) is 11.3. The molecule has 1 heterocycles. The largest absolute Gasteiger partial charge is 0.468 e. The quantitative estimate of drug-likeness (QED) is 0.857. The number of benzene rings is 1. The number of halogens is 1. The number of hydrogen-bond donors (Lipinski definition) is 1. The number of esters is 1. The van der Waals surface area contributed by atoms with Crippen LogP contribution in [0.1, 0.15) is 22.0 Å². The van der Waals surface area contributed by atoms with E-state index in [1.807, 2.05) is 0 Å². The standard InChI is InChI=1S/C15H14FNO4/c1-20-15(19)12(10-4-6-11(16)7-5-10)9-17-14(18)13-3-2-8-21-13/h2-8,12H,9H2,1H3,(H,17,18)/t12-/m1/s1. The maximum Gasteiger partial charge on any atom is 0.314 e. The summed E-state index contributed by atoms with van der Waals surface area (Å²) in [5.74, 6) is -1.91. The Morgan fingerprint density at radius 1 is 1.29 bits per heavy atom. The van der Waals surface area contributed by atoms with Gasteiger partial charge in [-0.3, -0.25) is 9.59 Å². The van der Waals surface area contributed by atoms with Gasteiger partial charge in [0.25, 0.3) is 5.91 Å². The molecule has 0 unspecified atom stereocenters. The van der Waals surface area contributed by atoms with Crippen molar-refractivity contribution in [2.45, 2.75) is 5.92 Å². The van der Waals surface area contributed by atoms with Gasteiger partial charge >= 0.3 is 5.97 Å². The fourth-order valence-electron chi connectivity index (χ4n) is 1.86. The average Bonchev–Trinajstić information content (AvgIpc) is 3.03. The van der Waals surface area contributed by atoms with Crippen LogP contribution in [0, 0.1) is 5.82 Å². The molecule has 6 heteroatoms. The number of ether oxygens (including phenoxy) is 1. The van der Waals surface area contributed by atoms with E-state index < -0.39 is 23.6 Å². The van der Waals surface area contributed by atoms with Gasteiger partial charge in [0, 0.05) is 6.54 Å². The lowest BCUT2D eigenvalue weighted by Gasteiger charge is -2.15. The van der Waals surface area contributed by atoms with Crippen molar-refractivity contribution in [2.75, 3.05) is 13.7 Å². The average molecular weight is 291 g/mol. The summed E-state index contributed by atoms with van der Waals surface area (Å²) in [6.07, 6.45) is 1.38. The van der Waals surface area contributed by atoms with Gasteiger partial charge in [0.1, 0.15) is 5.82 Å². The molecule has 0 saturated heterocycles. The third-order valence-corrected chi connectivity index (χ3v) is 2.97. The van der Waals surface area contributed by atoms with E-state index in [-0.39, 0.29) is 12.3 Å². The fraction of sp³-hybridized carbons (Fsp3) is 0.200. The Labute approximate surface area is 120 Å². The summed E-state index contributed by atoms with van der Waals surface area (Å²) < 4.78 is 22.6. The van der Waals surface area contributed by atoms with Gasteiger partial charge in [-0.15, -0.1) is 0 Å². The van der Waals surface area contributed by atoms with Gasteiger partial charge < -0.3 is 14.5 Å². The van der Waals surface area contributed by atoms with Gasteiger partial charge in [-0.2, -0.15) is 0 Å². The molecule has 1 aromatic heterocycles. The first-order valence-corrected chi connectivity index (χ1v) is 6.27. The van der Waals surface area contributed by atoms with E-state index >= 15 is 0 Å². The van der Waals surface area contributed by atoms with E-state index in [2.05, 4.69) is 5.32 Å². The molecule has 0 aliphatic rings. The van der Waals surface area contributed by atoms with Crippen molar-refractivity contribution in [1.82, 2.24) is 5.32 Å². The van der Waals surface area contributed by atoms with Crippen molar-refractivity contribution in [3.63, 3.8) is 0 Å². The van der Waals surface area contributed by atoms with Crippen LogP contribution < -0.4 is 5.32 Å². The molecule has 1 aromatic carbocycles. The van der Waals surface area contributed by atoms with Crippen molar-refractivity contribution in [3.8, 4) is 0 Å². The molecule has 0 aliphatic heterocycles. The minimum atomic E-state index is -0.713. The van der Waals surface area contributed by atoms with Crippen LogP contribution in [0.5, 0.6) is 0 Å². The van der Waals surface area contributed by atoms with Crippen LogP contribution in [0.3, 0.4) is 0 Å². The van der Waals surface area contributed by atoms with Crippen LogP contribution >= 0.6 is 0 Å². The molecule has 1 N–H and O–H groups in total. The molecular formula is C15H14FNO4. The lowest BCUT2D eigenvalue weighted by molar-refractivity contribution is -0.142. The lowest BCUT2D eigenvalue weighted by atomic mass is 9.99. The summed E-state index contributed by atoms with van der Waals surface area (Å²) in [4.78, 5) is 23.6. The molecule has 21 heavy (non-hydrogen) atoms. The van der Waals surface area contributed by atoms with E-state index in [1.54, 1.807) is 6.07 Å². The zero-order valence-electron chi connectivity index (χ0n) is 11.3. The highest BCUT2D eigenvalue weighted by atomic mass is 19.1. The van der Waals surface area contributed by atoms with Gasteiger partial charge in [-0.1, -0.05) is 12.1 Å². The third-order valence-electron chi connectivity index (χ3n) is 2.97. The first-order chi connectivity index (χ1) is 10.1. The predicted molar refractivity (Wildman–Crippen MR) is 72.2 cm³/mol. The monoisotopic (exact) mass is 291 g/mol. The van der Waals surface area contributed by atoms with Gasteiger partial charge in [0.05, 0.1) is 19.3 Å². The number of nitrogens with one attached hydrogen (secondary N) is 1. The molecule has 0 saturated carbocycles. The highest BCUT2D eigenvalue weighted by Gasteiger charge is 2.23. The second-order valence-corrected chi connectivity index (χ2v) is 4.31. The smallest absolute Gasteiger partial charge is 0.314 e. The number of carbonyl (C=O) groups excluding carboxylic acids is 2. The van der Waals surface area contributed by atoms with Crippen LogP contribution in [0.2, 0.25) is 0 Å². The normalized spacial score (nSPS) is 11.7. The highest BCUT2D eigenvalue weighted by molar-refractivity contribution is 5.92. The minimum absolute atomic E-state index is 0.0256. The Kier molecular flexibility index (Phi) is 4.71. The summed E-state index contributed by atoms with van der Waals surface area (Å²) in [5.41, 5.74) is 0.558. The number of carbonyl (C=O) groups is 2. The number of hydrogen-bond acceptors (Lipinski definition) is 4. The Morgan fingerprint density at radius 2 is 2.00 bits per heavy atom. The fourth-order valence-corrected chi connectivity index (χ4v) is 1.86. The molecule has 1 amide bonds. The number of rotatable bonds is 5. The molecule has 1 atom stereocenters. The van der Waals surface area contributed by atoms with Crippen molar-refractivity contribution in [1.29, 1.82) is 0 Å². The Morgan fingerprint density at radius 3 is 2.57 bits per heavy atom. The lowest BCUT2D eigenvalue weighted by Crippen LogP contribution is -2.32. The van der Waals surface area contributed by atoms with Crippen LogP contribution in [0.15, 0.2) is 47.1 Å². The van der Waals surface area contributed by atoms with Gasteiger partial charge in [0.15, 0.2) is 5.76 Å². The number of furan rings is 1. The maximum atomic E-state index is 12.9. The van der Waals surface area contributed by atoms with E-state index in [4.69, 9.17) is 9.15 Å². The zero-order chi connectivity index (χ0) is 15.2. The topological polar surface area (TPSA) is 68.5 Å². The van der Waals surface area contributed by atoms with Crippen molar-refractivity contribution < 1.29 is 23.1 Å². The molecule has 110 valence electrons. The summed E-state index contributed by atoms with van der Waals surface area (Å²) >= 11 is 0. The summed E-state index contributed by atoms with van der Waals surface area (Å²) in [7, 11) is 1.26. The molecule has 2 rings (SSSR count). The van der Waals surface area contributed by atoms with Gasteiger partial charge in [0.2, 0.25) is 0 Å². The van der Waals surface area contributed by atoms with Crippen LogP contribution in [-0.4, -0.2) is 25.5 Å². The molecule has 0 radical (unpaired) electrons. The summed E-state index contributed by atoms with van der Waals surface area (Å²) in [6.45, 7) is 0.0256. The highest BCUT2D eigenvalue weighted by Crippen LogP contribution is 2.17. The third kappa shape index (κ3) is 3.68. The van der Waals surface area contributed by atoms with E-state index in [0.29, 0.717) is 5.56 Å². The van der Waals surface area contributed by atoms with Crippen molar-refractivity contribution in [3.05, 3.63) is 59.8 Å². The number of methoxy groups -OCH3 is 1. The van der Waals surface area contributed by atoms with Gasteiger partial charge in [-0.25, -0.2) is 4.39 Å². The van der Waals surface area contributed by atoms with E-state index in [9.17, 15) is 14.0 Å². The van der Waals surface area contributed by atoms with Crippen molar-refractivity contribution in [2.24, 2.45) is 0 Å². The van der Waals surface area contributed by atoms with Crippen LogP contribution in [0.4, 0.5) is 4.39 Å². The Balaban J connectivity index is 2.08. The molecular weight excluding hydrogens is 277 g/mol. The van der Waals surface area contributed by atoms with Gasteiger partial charge in [-0.05, 0) is 29.8 Å². The Bertz CT molecular complexity index is 607. The van der Waals surface area contributed by atoms with Crippen molar-refractivity contribution >= 4 is 11.9 Å². The molecule has 5 nitrogen and oxygen atoms in total.